The summed E-state index contributed by atoms with van der Waals surface area (Å²) in [6.45, 7) is 4.24. The summed E-state index contributed by atoms with van der Waals surface area (Å²) in [5, 5.41) is 0. The Morgan fingerprint density at radius 2 is 2.11 bits per heavy atom. The second kappa shape index (κ2) is 5.41. The number of methoxy groups -OCH3 is 1. The fraction of sp³-hybridized carbons (Fsp3) is 0.500. The van der Waals surface area contributed by atoms with E-state index in [4.69, 9.17) is 9.47 Å². The van der Waals surface area contributed by atoms with Crippen molar-refractivity contribution in [3.63, 3.8) is 0 Å². The highest BCUT2D eigenvalue weighted by molar-refractivity contribution is 9.10. The highest BCUT2D eigenvalue weighted by Crippen LogP contribution is 2.33. The second-order valence-corrected chi connectivity index (χ2v) is 5.74. The number of hydrogen-bond donors (Lipinski definition) is 0. The van der Waals surface area contributed by atoms with Crippen molar-refractivity contribution in [3.05, 3.63) is 28.2 Å². The number of halogens is 1. The van der Waals surface area contributed by atoms with Gasteiger partial charge in [0.1, 0.15) is 11.9 Å². The van der Waals surface area contributed by atoms with E-state index in [0.717, 1.165) is 15.8 Å². The monoisotopic (exact) mass is 312 g/mol. The van der Waals surface area contributed by atoms with Gasteiger partial charge in [-0.05, 0) is 29.7 Å². The molecule has 0 bridgehead atoms. The lowest BCUT2D eigenvalue weighted by molar-refractivity contribution is -0.151. The molecule has 18 heavy (non-hydrogen) atoms. The highest BCUT2D eigenvalue weighted by Gasteiger charge is 2.42. The van der Waals surface area contributed by atoms with Gasteiger partial charge in [-0.15, -0.1) is 0 Å². The Labute approximate surface area is 116 Å². The van der Waals surface area contributed by atoms with Crippen LogP contribution in [0.2, 0.25) is 0 Å². The first-order valence-corrected chi connectivity index (χ1v) is 6.84. The molecular weight excluding hydrogens is 296 g/mol. The SMILES string of the molecule is COC1C(=O)CC1Oc1ccc(Br)cc1C(C)C. The maximum absolute atomic E-state index is 11.3. The average Bonchev–Trinajstić information content (AvgIpc) is 2.30. The van der Waals surface area contributed by atoms with Crippen LogP contribution in [0.15, 0.2) is 22.7 Å². The van der Waals surface area contributed by atoms with E-state index in [1.54, 1.807) is 7.11 Å². The number of carbonyl (C=O) groups excluding carboxylic acids is 1. The van der Waals surface area contributed by atoms with Crippen LogP contribution in [0.4, 0.5) is 0 Å². The molecule has 1 saturated carbocycles. The van der Waals surface area contributed by atoms with Gasteiger partial charge in [-0.1, -0.05) is 29.8 Å². The van der Waals surface area contributed by atoms with E-state index < -0.39 is 6.10 Å². The maximum Gasteiger partial charge on any atom is 0.169 e. The summed E-state index contributed by atoms with van der Waals surface area (Å²) in [7, 11) is 1.54. The highest BCUT2D eigenvalue weighted by atomic mass is 79.9. The Hall–Kier alpha value is -0.870. The first-order valence-electron chi connectivity index (χ1n) is 6.04. The number of ether oxygens (including phenoxy) is 2. The summed E-state index contributed by atoms with van der Waals surface area (Å²) >= 11 is 3.46. The minimum Gasteiger partial charge on any atom is -0.486 e. The van der Waals surface area contributed by atoms with Crippen molar-refractivity contribution >= 4 is 21.7 Å². The number of Topliss-reactive ketones (excluding diaryl/α,β-unsaturated/α-hetero) is 1. The van der Waals surface area contributed by atoms with Crippen LogP contribution in [0.3, 0.4) is 0 Å². The number of ketones is 1. The van der Waals surface area contributed by atoms with Crippen LogP contribution in [-0.4, -0.2) is 25.1 Å². The molecule has 4 heteroatoms. The zero-order valence-electron chi connectivity index (χ0n) is 10.8. The summed E-state index contributed by atoms with van der Waals surface area (Å²) in [5.41, 5.74) is 1.14. The van der Waals surface area contributed by atoms with Gasteiger partial charge >= 0.3 is 0 Å². The first-order chi connectivity index (χ1) is 8.52. The summed E-state index contributed by atoms with van der Waals surface area (Å²) in [6, 6.07) is 5.95. The smallest absolute Gasteiger partial charge is 0.169 e. The molecule has 0 radical (unpaired) electrons. The molecule has 1 fully saturated rings. The van der Waals surface area contributed by atoms with E-state index in [0.29, 0.717) is 12.3 Å². The van der Waals surface area contributed by atoms with Gasteiger partial charge in [0.2, 0.25) is 0 Å². The van der Waals surface area contributed by atoms with Crippen molar-refractivity contribution in [1.29, 1.82) is 0 Å². The Morgan fingerprint density at radius 1 is 1.39 bits per heavy atom. The third kappa shape index (κ3) is 2.59. The molecule has 0 N–H and O–H groups in total. The molecule has 2 atom stereocenters. The second-order valence-electron chi connectivity index (χ2n) is 4.82. The lowest BCUT2D eigenvalue weighted by Crippen LogP contribution is -2.51. The van der Waals surface area contributed by atoms with Crippen molar-refractivity contribution < 1.29 is 14.3 Å². The Balaban J connectivity index is 2.17. The average molecular weight is 313 g/mol. The Morgan fingerprint density at radius 3 is 2.67 bits per heavy atom. The Bertz CT molecular complexity index is 456. The fourth-order valence-corrected chi connectivity index (χ4v) is 2.47. The third-order valence-corrected chi connectivity index (χ3v) is 3.68. The van der Waals surface area contributed by atoms with Gasteiger partial charge in [0.15, 0.2) is 11.9 Å². The molecule has 98 valence electrons. The molecule has 3 nitrogen and oxygen atoms in total. The van der Waals surface area contributed by atoms with Gasteiger partial charge in [-0.2, -0.15) is 0 Å². The van der Waals surface area contributed by atoms with Crippen molar-refractivity contribution in [2.45, 2.75) is 38.4 Å². The topological polar surface area (TPSA) is 35.5 Å². The van der Waals surface area contributed by atoms with Gasteiger partial charge < -0.3 is 9.47 Å². The zero-order chi connectivity index (χ0) is 13.3. The van der Waals surface area contributed by atoms with Crippen molar-refractivity contribution in [3.8, 4) is 5.75 Å². The summed E-state index contributed by atoms with van der Waals surface area (Å²) in [4.78, 5) is 11.3. The molecule has 2 rings (SSSR count). The fourth-order valence-electron chi connectivity index (χ4n) is 2.10. The normalized spacial score (nSPS) is 23.1. The number of rotatable bonds is 4. The van der Waals surface area contributed by atoms with Gasteiger partial charge in [-0.25, -0.2) is 0 Å². The molecular formula is C14H17BrO3. The molecule has 0 aliphatic heterocycles. The quantitative estimate of drug-likeness (QED) is 0.855. The zero-order valence-corrected chi connectivity index (χ0v) is 12.4. The van der Waals surface area contributed by atoms with Gasteiger partial charge in [0.25, 0.3) is 0 Å². The van der Waals surface area contributed by atoms with E-state index in [1.165, 1.54) is 0 Å². The van der Waals surface area contributed by atoms with Gasteiger partial charge in [0.05, 0.1) is 0 Å². The molecule has 0 heterocycles. The van der Waals surface area contributed by atoms with E-state index in [9.17, 15) is 4.79 Å². The third-order valence-electron chi connectivity index (χ3n) is 3.18. The lowest BCUT2D eigenvalue weighted by Gasteiger charge is -2.34. The molecule has 2 unspecified atom stereocenters. The summed E-state index contributed by atoms with van der Waals surface area (Å²) < 4.78 is 12.1. The predicted octanol–water partition coefficient (Wildman–Crippen LogP) is 3.31. The minimum atomic E-state index is -0.409. The Kier molecular flexibility index (Phi) is 4.07. The molecule has 0 saturated heterocycles. The van der Waals surface area contributed by atoms with Crippen LogP contribution in [0.1, 0.15) is 31.7 Å². The summed E-state index contributed by atoms with van der Waals surface area (Å²) in [6.07, 6.45) is -0.124. The van der Waals surface area contributed by atoms with E-state index in [2.05, 4.69) is 35.8 Å². The maximum atomic E-state index is 11.3. The first kappa shape index (κ1) is 13.6. The number of benzene rings is 1. The van der Waals surface area contributed by atoms with Gasteiger partial charge in [0, 0.05) is 18.0 Å². The molecule has 0 aromatic heterocycles. The molecule has 1 aliphatic rings. The lowest BCUT2D eigenvalue weighted by atomic mass is 9.89. The predicted molar refractivity (Wildman–Crippen MR) is 73.1 cm³/mol. The van der Waals surface area contributed by atoms with E-state index in [-0.39, 0.29) is 11.9 Å². The molecule has 1 aromatic carbocycles. The van der Waals surface area contributed by atoms with Crippen LogP contribution in [-0.2, 0) is 9.53 Å². The van der Waals surface area contributed by atoms with Crippen molar-refractivity contribution in [1.82, 2.24) is 0 Å². The van der Waals surface area contributed by atoms with Crippen molar-refractivity contribution in [2.24, 2.45) is 0 Å². The standard InChI is InChI=1S/C14H17BrO3/c1-8(2)10-6-9(15)4-5-12(10)18-13-7-11(16)14(13)17-3/h4-6,8,13-14H,7H2,1-3H3. The number of hydrogen-bond acceptors (Lipinski definition) is 3. The van der Waals surface area contributed by atoms with Crippen LogP contribution in [0.25, 0.3) is 0 Å². The molecule has 0 amide bonds. The van der Waals surface area contributed by atoms with E-state index in [1.807, 2.05) is 12.1 Å². The van der Waals surface area contributed by atoms with E-state index >= 15 is 0 Å². The summed E-state index contributed by atoms with van der Waals surface area (Å²) in [5.74, 6) is 1.33. The van der Waals surface area contributed by atoms with Crippen LogP contribution in [0.5, 0.6) is 5.75 Å². The van der Waals surface area contributed by atoms with Crippen LogP contribution in [0, 0.1) is 0 Å². The molecule has 0 spiro atoms. The van der Waals surface area contributed by atoms with Crippen LogP contribution < -0.4 is 4.74 Å². The van der Waals surface area contributed by atoms with Crippen molar-refractivity contribution in [2.75, 3.05) is 7.11 Å². The minimum absolute atomic E-state index is 0.116. The van der Waals surface area contributed by atoms with Gasteiger partial charge in [-0.3, -0.25) is 4.79 Å². The van der Waals surface area contributed by atoms with Crippen LogP contribution >= 0.6 is 15.9 Å². The molecule has 1 aromatic rings. The largest absolute Gasteiger partial charge is 0.486 e. The molecule has 1 aliphatic carbocycles. The number of carbonyl (C=O) groups is 1.